The summed E-state index contributed by atoms with van der Waals surface area (Å²) >= 11 is 5.47. The van der Waals surface area contributed by atoms with E-state index in [2.05, 4.69) is 4.98 Å². The zero-order valence-electron chi connectivity index (χ0n) is 6.71. The zero-order chi connectivity index (χ0) is 10.7. The molecule has 72 valence electrons. The highest BCUT2D eigenvalue weighted by Crippen LogP contribution is 2.16. The van der Waals surface area contributed by atoms with Gasteiger partial charge in [0, 0.05) is 0 Å². The summed E-state index contributed by atoms with van der Waals surface area (Å²) in [7, 11) is 0. The molecule has 0 spiro atoms. The number of halogens is 3. The number of hydrogen-bond donors (Lipinski definition) is 0. The van der Waals surface area contributed by atoms with E-state index in [1.165, 1.54) is 0 Å². The van der Waals surface area contributed by atoms with E-state index in [0.29, 0.717) is 0 Å². The summed E-state index contributed by atoms with van der Waals surface area (Å²) in [5.74, 6) is 0. The first-order valence-electron chi connectivity index (χ1n) is 3.44. The van der Waals surface area contributed by atoms with Gasteiger partial charge in [-0.05, 0) is 11.6 Å². The maximum atomic E-state index is 12.0. The highest BCUT2D eigenvalue weighted by molar-refractivity contribution is 6.28. The number of nitriles is 2. The van der Waals surface area contributed by atoms with Gasteiger partial charge in [-0.2, -0.15) is 10.5 Å². The fourth-order valence-electron chi connectivity index (χ4n) is 0.922. The second-order valence-electron chi connectivity index (χ2n) is 2.30. The van der Waals surface area contributed by atoms with E-state index in [1.54, 1.807) is 12.1 Å². The van der Waals surface area contributed by atoms with Gasteiger partial charge in [-0.1, -0.05) is 0 Å². The van der Waals surface area contributed by atoms with E-state index >= 15 is 0 Å². The van der Waals surface area contributed by atoms with Crippen molar-refractivity contribution in [3.63, 3.8) is 0 Å². The number of rotatable bonds is 2. The van der Waals surface area contributed by atoms with Crippen molar-refractivity contribution in [2.45, 2.75) is 13.0 Å². The average Bonchev–Trinajstić information content (AvgIpc) is 2.42. The van der Waals surface area contributed by atoms with E-state index in [0.717, 1.165) is 4.57 Å². The molecule has 0 atom stereocenters. The smallest absolute Gasteiger partial charge is 0.256 e. The molecule has 7 heteroatoms. The highest BCUT2D eigenvalue weighted by atomic mass is 35.5. The van der Waals surface area contributed by atoms with Crippen LogP contribution < -0.4 is 0 Å². The molecule has 4 nitrogen and oxygen atoms in total. The zero-order valence-corrected chi connectivity index (χ0v) is 7.46. The van der Waals surface area contributed by atoms with Crippen molar-refractivity contribution in [3.05, 3.63) is 16.7 Å². The molecule has 0 saturated carbocycles. The normalized spacial score (nSPS) is 9.86. The van der Waals surface area contributed by atoms with Crippen LogP contribution in [0.1, 0.15) is 11.4 Å². The standard InChI is InChI=1S/C7H3ClF2N4/c8-7-13-4(1-11)5(2-12)14(7)3-6(9)10/h6H,3H2. The third-order valence-corrected chi connectivity index (χ3v) is 1.74. The lowest BCUT2D eigenvalue weighted by Crippen LogP contribution is -2.08. The largest absolute Gasteiger partial charge is 0.300 e. The Morgan fingerprint density at radius 3 is 2.50 bits per heavy atom. The number of hydrogen-bond acceptors (Lipinski definition) is 3. The molecule has 1 heterocycles. The summed E-state index contributed by atoms with van der Waals surface area (Å²) in [6.45, 7) is -0.740. The lowest BCUT2D eigenvalue weighted by atomic mass is 10.3. The Morgan fingerprint density at radius 2 is 2.07 bits per heavy atom. The Balaban J connectivity index is 3.23. The van der Waals surface area contributed by atoms with E-state index in [-0.39, 0.29) is 16.7 Å². The van der Waals surface area contributed by atoms with Crippen molar-refractivity contribution in [2.75, 3.05) is 0 Å². The molecule has 0 N–H and O–H groups in total. The predicted octanol–water partition coefficient (Wildman–Crippen LogP) is 1.54. The summed E-state index contributed by atoms with van der Waals surface area (Å²) in [5.41, 5.74) is -0.476. The maximum Gasteiger partial charge on any atom is 0.256 e. The van der Waals surface area contributed by atoms with Gasteiger partial charge in [-0.3, -0.25) is 4.57 Å². The fourth-order valence-corrected chi connectivity index (χ4v) is 1.16. The molecule has 0 unspecified atom stereocenters. The molecule has 0 aliphatic heterocycles. The van der Waals surface area contributed by atoms with Crippen LogP contribution >= 0.6 is 11.6 Å². The summed E-state index contributed by atoms with van der Waals surface area (Å²) in [6.07, 6.45) is -2.65. The Hall–Kier alpha value is -1.66. The Kier molecular flexibility index (Phi) is 3.00. The second-order valence-corrected chi connectivity index (χ2v) is 2.64. The van der Waals surface area contributed by atoms with Crippen molar-refractivity contribution in [2.24, 2.45) is 0 Å². The molecule has 0 bridgehead atoms. The van der Waals surface area contributed by atoms with Crippen molar-refractivity contribution >= 4 is 11.6 Å². The van der Waals surface area contributed by atoms with Gasteiger partial charge in [0.15, 0.2) is 11.4 Å². The molecule has 1 aromatic heterocycles. The minimum atomic E-state index is -2.65. The lowest BCUT2D eigenvalue weighted by Gasteiger charge is -2.02. The number of alkyl halides is 2. The SMILES string of the molecule is N#Cc1nc(Cl)n(CC(F)F)c1C#N. The first kappa shape index (κ1) is 10.4. The van der Waals surface area contributed by atoms with E-state index in [4.69, 9.17) is 22.1 Å². The molecule has 14 heavy (non-hydrogen) atoms. The van der Waals surface area contributed by atoms with Crippen LogP contribution in [0.15, 0.2) is 0 Å². The molecule has 1 rings (SSSR count). The molecular weight excluding hydrogens is 214 g/mol. The second kappa shape index (κ2) is 4.03. The number of imidazole rings is 1. The minimum Gasteiger partial charge on any atom is -0.300 e. The fraction of sp³-hybridized carbons (Fsp3) is 0.286. The number of aromatic nitrogens is 2. The van der Waals surface area contributed by atoms with Gasteiger partial charge in [0.1, 0.15) is 12.1 Å². The Labute approximate surface area is 82.9 Å². The van der Waals surface area contributed by atoms with E-state index < -0.39 is 13.0 Å². The molecule has 0 aliphatic rings. The van der Waals surface area contributed by atoms with Gasteiger partial charge in [-0.15, -0.1) is 0 Å². The molecule has 0 amide bonds. The summed E-state index contributed by atoms with van der Waals surface area (Å²) in [6, 6.07) is 3.20. The van der Waals surface area contributed by atoms with Crippen molar-refractivity contribution < 1.29 is 8.78 Å². The Bertz CT molecular complexity index is 426. The molecule has 0 saturated heterocycles. The molecule has 0 radical (unpaired) electrons. The quantitative estimate of drug-likeness (QED) is 0.753. The van der Waals surface area contributed by atoms with Crippen molar-refractivity contribution in [3.8, 4) is 12.1 Å². The summed E-state index contributed by atoms with van der Waals surface area (Å²) in [5, 5.41) is 16.8. The molecular formula is C7H3ClF2N4. The minimum absolute atomic E-state index is 0.238. The van der Waals surface area contributed by atoms with Gasteiger partial charge in [0.2, 0.25) is 5.28 Å². The number of nitrogens with zero attached hydrogens (tertiary/aromatic N) is 4. The van der Waals surface area contributed by atoms with Gasteiger partial charge in [-0.25, -0.2) is 13.8 Å². The summed E-state index contributed by atoms with van der Waals surface area (Å²) < 4.78 is 24.9. The van der Waals surface area contributed by atoms with Crippen LogP contribution in [0.4, 0.5) is 8.78 Å². The summed E-state index contributed by atoms with van der Waals surface area (Å²) in [4.78, 5) is 3.46. The van der Waals surface area contributed by atoms with Crippen LogP contribution in [0.5, 0.6) is 0 Å². The van der Waals surface area contributed by atoms with Gasteiger partial charge in [0.25, 0.3) is 6.43 Å². The van der Waals surface area contributed by atoms with Crippen molar-refractivity contribution in [1.29, 1.82) is 10.5 Å². The van der Waals surface area contributed by atoms with Crippen LogP contribution in [-0.2, 0) is 6.54 Å². The third kappa shape index (κ3) is 1.81. The Morgan fingerprint density at radius 1 is 1.43 bits per heavy atom. The lowest BCUT2D eigenvalue weighted by molar-refractivity contribution is 0.126. The highest BCUT2D eigenvalue weighted by Gasteiger charge is 2.18. The van der Waals surface area contributed by atoms with Crippen LogP contribution in [0.25, 0.3) is 0 Å². The molecule has 1 aromatic rings. The molecule has 0 aromatic carbocycles. The molecule has 0 aliphatic carbocycles. The van der Waals surface area contributed by atoms with Gasteiger partial charge < -0.3 is 0 Å². The van der Waals surface area contributed by atoms with Gasteiger partial charge >= 0.3 is 0 Å². The first-order valence-corrected chi connectivity index (χ1v) is 3.82. The van der Waals surface area contributed by atoms with Crippen LogP contribution in [0.2, 0.25) is 5.28 Å². The van der Waals surface area contributed by atoms with Crippen LogP contribution in [0, 0.1) is 22.7 Å². The van der Waals surface area contributed by atoms with Crippen molar-refractivity contribution in [1.82, 2.24) is 9.55 Å². The van der Waals surface area contributed by atoms with E-state index in [1.807, 2.05) is 0 Å². The van der Waals surface area contributed by atoms with Gasteiger partial charge in [0.05, 0.1) is 6.54 Å². The average molecular weight is 217 g/mol. The van der Waals surface area contributed by atoms with E-state index in [9.17, 15) is 8.78 Å². The predicted molar refractivity (Wildman–Crippen MR) is 42.7 cm³/mol. The maximum absolute atomic E-state index is 12.0. The topological polar surface area (TPSA) is 65.4 Å². The first-order chi connectivity index (χ1) is 6.60. The monoisotopic (exact) mass is 216 g/mol. The molecule has 0 fully saturated rings. The van der Waals surface area contributed by atoms with Crippen LogP contribution in [0.3, 0.4) is 0 Å². The van der Waals surface area contributed by atoms with Crippen LogP contribution in [-0.4, -0.2) is 16.0 Å². The third-order valence-electron chi connectivity index (χ3n) is 1.45.